The van der Waals surface area contributed by atoms with Crippen LogP contribution in [0.15, 0.2) is 66.8 Å². The molecule has 0 radical (unpaired) electrons. The van der Waals surface area contributed by atoms with Gasteiger partial charge in [-0.2, -0.15) is 48.6 Å². The Morgan fingerprint density at radius 2 is 1.00 bits per heavy atom. The van der Waals surface area contributed by atoms with Crippen molar-refractivity contribution in [2.24, 2.45) is 0 Å². The van der Waals surface area contributed by atoms with E-state index in [1.54, 1.807) is 0 Å². The fourth-order valence-electron chi connectivity index (χ4n) is 1.02. The molecule has 0 heterocycles. The van der Waals surface area contributed by atoms with Crippen molar-refractivity contribution < 1.29 is 48.1 Å². The summed E-state index contributed by atoms with van der Waals surface area (Å²) in [6.07, 6.45) is 20.0. The molecule has 0 fully saturated rings. The van der Waals surface area contributed by atoms with Gasteiger partial charge < -0.3 is 26.3 Å². The van der Waals surface area contributed by atoms with Gasteiger partial charge in [-0.15, -0.1) is 25.2 Å². The average Bonchev–Trinajstić information content (AvgIpc) is 3.27. The molecule has 0 N–H and O–H groups in total. The van der Waals surface area contributed by atoms with Gasteiger partial charge in [0.2, 0.25) is 0 Å². The van der Waals surface area contributed by atoms with Crippen molar-refractivity contribution in [3.8, 4) is 0 Å². The van der Waals surface area contributed by atoms with E-state index in [-0.39, 0.29) is 34.1 Å². The van der Waals surface area contributed by atoms with Crippen LogP contribution in [0.25, 0.3) is 0 Å². The minimum absolute atomic E-state index is 0. The third kappa shape index (κ3) is 49.5. The summed E-state index contributed by atoms with van der Waals surface area (Å²) in [7, 11) is 0. The molecule has 0 spiro atoms. The van der Waals surface area contributed by atoms with Gasteiger partial charge in [0, 0.05) is 21.7 Å². The van der Waals surface area contributed by atoms with Crippen molar-refractivity contribution in [2.75, 3.05) is 0 Å². The summed E-state index contributed by atoms with van der Waals surface area (Å²) in [4.78, 5) is 0. The van der Waals surface area contributed by atoms with Gasteiger partial charge in [0.25, 0.3) is 0 Å². The third-order valence-corrected chi connectivity index (χ3v) is 1.78. The average molecular weight is 430 g/mol. The minimum Gasteiger partial charge on any atom is -0.385 e. The number of benzene rings is 1. The van der Waals surface area contributed by atoms with Crippen LogP contribution in [0.2, 0.25) is 0 Å². The largest absolute Gasteiger partial charge is 0.385 e. The number of hydrogen-bond acceptors (Lipinski definition) is 0. The SMILES string of the molecule is Cl.F[C-](F)F.F[C-](F)F.[C-]1=CC=CC1.[C-]1=CC=CC1.[Ti].[c-]1ccccc1. The van der Waals surface area contributed by atoms with E-state index in [4.69, 9.17) is 0 Å². The zero-order valence-corrected chi connectivity index (χ0v) is 15.8. The van der Waals surface area contributed by atoms with Crippen molar-refractivity contribution in [2.45, 2.75) is 12.8 Å². The van der Waals surface area contributed by atoms with Crippen LogP contribution in [-0.4, -0.2) is 0 Å². The molecule has 1 aromatic carbocycles. The van der Waals surface area contributed by atoms with Gasteiger partial charge in [-0.1, -0.05) is 0 Å². The molecule has 2 aliphatic carbocycles. The van der Waals surface area contributed by atoms with Crippen LogP contribution in [0, 0.1) is 31.6 Å². The second kappa shape index (κ2) is 28.6. The van der Waals surface area contributed by atoms with Gasteiger partial charge >= 0.3 is 0 Å². The van der Waals surface area contributed by atoms with Gasteiger partial charge in [0.15, 0.2) is 13.4 Å². The molecule has 2 aliphatic rings. The van der Waals surface area contributed by atoms with E-state index in [0.29, 0.717) is 0 Å². The Kier molecular flexibility index (Phi) is 35.6. The summed E-state index contributed by atoms with van der Waals surface area (Å²) in [6, 6.07) is 12.5. The monoisotopic (exact) mass is 429 g/mol. The molecular weight excluding hydrogens is 414 g/mol. The second-order valence-electron chi connectivity index (χ2n) is 3.51. The maximum atomic E-state index is 9.58. The predicted octanol–water partition coefficient (Wildman–Crippen LogP) is 7.20. The van der Waals surface area contributed by atoms with E-state index >= 15 is 0 Å². The van der Waals surface area contributed by atoms with E-state index in [2.05, 4.69) is 30.4 Å². The summed E-state index contributed by atoms with van der Waals surface area (Å²) in [5.41, 5.74) is 0. The predicted molar refractivity (Wildman–Crippen MR) is 88.8 cm³/mol. The molecular formula is C18H16ClF6Ti-5. The van der Waals surface area contributed by atoms with Gasteiger partial charge in [-0.05, 0) is 0 Å². The van der Waals surface area contributed by atoms with Gasteiger partial charge in [-0.25, -0.2) is 24.3 Å². The third-order valence-electron chi connectivity index (χ3n) is 1.78. The summed E-state index contributed by atoms with van der Waals surface area (Å²) in [6.45, 7) is -6.17. The molecule has 3 rings (SSSR count). The van der Waals surface area contributed by atoms with Crippen molar-refractivity contribution in [3.05, 3.63) is 98.4 Å². The first-order valence-corrected chi connectivity index (χ1v) is 6.48. The topological polar surface area (TPSA) is 0 Å². The number of halogens is 7. The van der Waals surface area contributed by atoms with Crippen LogP contribution in [0.3, 0.4) is 0 Å². The first-order valence-electron chi connectivity index (χ1n) is 6.48. The smallest absolute Gasteiger partial charge is 0.154 e. The van der Waals surface area contributed by atoms with Crippen LogP contribution < -0.4 is 0 Å². The summed E-state index contributed by atoms with van der Waals surface area (Å²) in [5.74, 6) is 0. The Hall–Kier alpha value is -1.24. The van der Waals surface area contributed by atoms with Gasteiger partial charge in [-0.3, -0.25) is 12.2 Å². The van der Waals surface area contributed by atoms with Crippen LogP contribution in [-0.2, 0) is 21.7 Å². The molecule has 1 aromatic rings. The number of allylic oxidation sites excluding steroid dienone is 8. The molecule has 0 bridgehead atoms. The zero-order valence-electron chi connectivity index (χ0n) is 13.4. The van der Waals surface area contributed by atoms with Crippen molar-refractivity contribution in [1.82, 2.24) is 0 Å². The van der Waals surface area contributed by atoms with E-state index < -0.39 is 13.4 Å². The zero-order chi connectivity index (χ0) is 18.5. The van der Waals surface area contributed by atoms with Crippen LogP contribution >= 0.6 is 12.4 Å². The Morgan fingerprint density at radius 1 is 0.654 bits per heavy atom. The molecule has 26 heavy (non-hydrogen) atoms. The van der Waals surface area contributed by atoms with E-state index in [1.807, 2.05) is 54.6 Å². The summed E-state index contributed by atoms with van der Waals surface area (Å²) in [5, 5.41) is 0. The maximum Gasteiger partial charge on any atom is 0.154 e. The Balaban J connectivity index is -0.000000115. The van der Waals surface area contributed by atoms with Gasteiger partial charge in [0.1, 0.15) is 0 Å². The Morgan fingerprint density at radius 3 is 1.08 bits per heavy atom. The van der Waals surface area contributed by atoms with Crippen LogP contribution in [0.5, 0.6) is 0 Å². The standard InChI is InChI=1S/C6H5.2C5H5.2CF3.ClH.Ti/c1-2-4-6-5-3-1;2*1-2-4-5-3-1;2*2-1(3)4;;/h1-5H;2*1-3H,4H2;;;1H;/q5*-1;;. The second-order valence-corrected chi connectivity index (χ2v) is 3.51. The van der Waals surface area contributed by atoms with E-state index in [9.17, 15) is 26.3 Å². The van der Waals surface area contributed by atoms with Crippen LogP contribution in [0.1, 0.15) is 12.8 Å². The number of rotatable bonds is 0. The van der Waals surface area contributed by atoms with E-state index in [1.165, 1.54) is 0 Å². The molecule has 8 heteroatoms. The van der Waals surface area contributed by atoms with Crippen molar-refractivity contribution in [3.63, 3.8) is 0 Å². The van der Waals surface area contributed by atoms with E-state index in [0.717, 1.165) is 12.8 Å². The van der Waals surface area contributed by atoms with Gasteiger partial charge in [0.05, 0.1) is 0 Å². The van der Waals surface area contributed by atoms with Crippen LogP contribution in [0.4, 0.5) is 26.3 Å². The molecule has 0 atom stereocenters. The first kappa shape index (κ1) is 32.4. The fourth-order valence-corrected chi connectivity index (χ4v) is 1.02. The van der Waals surface area contributed by atoms with Crippen molar-refractivity contribution in [1.29, 1.82) is 0 Å². The maximum absolute atomic E-state index is 9.58. The Bertz CT molecular complexity index is 382. The molecule has 0 unspecified atom stereocenters. The fraction of sp³-hybridized carbons (Fsp3) is 0.111. The minimum atomic E-state index is -3.08. The summed E-state index contributed by atoms with van der Waals surface area (Å²) < 4.78 is 57.5. The molecule has 0 amide bonds. The molecule has 0 nitrogen and oxygen atoms in total. The molecule has 0 aromatic heterocycles. The molecule has 146 valence electrons. The number of hydrogen-bond donors (Lipinski definition) is 0. The molecule has 0 saturated carbocycles. The normalized spacial score (nSPS) is 11.4. The summed E-state index contributed by atoms with van der Waals surface area (Å²) >= 11 is 0. The Labute approximate surface area is 171 Å². The van der Waals surface area contributed by atoms with Crippen molar-refractivity contribution >= 4 is 12.4 Å². The first-order chi connectivity index (χ1) is 11.5. The molecule has 0 saturated heterocycles. The molecule has 0 aliphatic heterocycles. The quantitative estimate of drug-likeness (QED) is 0.232.